The maximum Gasteiger partial charge on any atom is 0.0721 e. The molecule has 1 aromatic carbocycles. The van der Waals surface area contributed by atoms with E-state index in [1.54, 1.807) is 0 Å². The normalized spacial score (nSPS) is 31.6. The first-order valence-electron chi connectivity index (χ1n) is 7.86. The Kier molecular flexibility index (Phi) is 4.98. The van der Waals surface area contributed by atoms with E-state index in [0.717, 1.165) is 26.1 Å². The summed E-state index contributed by atoms with van der Waals surface area (Å²) in [7, 11) is 0. The Labute approximate surface area is 127 Å². The fourth-order valence-electron chi connectivity index (χ4n) is 3.46. The summed E-state index contributed by atoms with van der Waals surface area (Å²) in [6.45, 7) is 2.93. The smallest absolute Gasteiger partial charge is 0.0721 e. The highest BCUT2D eigenvalue weighted by molar-refractivity contribution is 6.21. The largest absolute Gasteiger partial charge is 0.372 e. The molecule has 3 rings (SSSR count). The maximum absolute atomic E-state index is 6.50. The predicted molar refractivity (Wildman–Crippen MR) is 83.1 cm³/mol. The van der Waals surface area contributed by atoms with Gasteiger partial charge in [-0.1, -0.05) is 43.2 Å². The fraction of sp³-hybridized carbons (Fsp3) is 0.647. The van der Waals surface area contributed by atoms with Crippen LogP contribution in [0.2, 0.25) is 0 Å². The molecular weight excluding hydrogens is 270 g/mol. The molecule has 2 nitrogen and oxygen atoms in total. The van der Waals surface area contributed by atoms with Crippen LogP contribution >= 0.6 is 11.6 Å². The van der Waals surface area contributed by atoms with Crippen molar-refractivity contribution in [3.05, 3.63) is 35.9 Å². The highest BCUT2D eigenvalue weighted by atomic mass is 35.5. The van der Waals surface area contributed by atoms with Gasteiger partial charge >= 0.3 is 0 Å². The molecule has 20 heavy (non-hydrogen) atoms. The van der Waals surface area contributed by atoms with Crippen LogP contribution in [0.4, 0.5) is 0 Å². The molecule has 0 spiro atoms. The lowest BCUT2D eigenvalue weighted by molar-refractivity contribution is 0.0414. The number of ether oxygens (including phenoxy) is 1. The minimum absolute atomic E-state index is 0.344. The predicted octanol–water partition coefficient (Wildman–Crippen LogP) is 3.83. The molecule has 1 aromatic rings. The Morgan fingerprint density at radius 2 is 1.90 bits per heavy atom. The molecule has 0 aromatic heterocycles. The number of likely N-dealkylation sites (tertiary alicyclic amines) is 1. The van der Waals surface area contributed by atoms with Crippen LogP contribution in [0.3, 0.4) is 0 Å². The number of alkyl halides is 1. The van der Waals surface area contributed by atoms with Gasteiger partial charge in [0.25, 0.3) is 0 Å². The average Bonchev–Trinajstić information content (AvgIpc) is 2.95. The van der Waals surface area contributed by atoms with Crippen molar-refractivity contribution in [2.45, 2.75) is 56.2 Å². The van der Waals surface area contributed by atoms with Crippen LogP contribution in [0, 0.1) is 0 Å². The molecule has 110 valence electrons. The van der Waals surface area contributed by atoms with Gasteiger partial charge in [-0.3, -0.25) is 4.90 Å². The van der Waals surface area contributed by atoms with Gasteiger partial charge in [0.2, 0.25) is 0 Å². The number of hydrogen-bond donors (Lipinski definition) is 0. The molecule has 3 heteroatoms. The van der Waals surface area contributed by atoms with Gasteiger partial charge < -0.3 is 4.74 Å². The van der Waals surface area contributed by atoms with Crippen LogP contribution in [0.1, 0.15) is 37.7 Å². The van der Waals surface area contributed by atoms with Crippen LogP contribution in [-0.2, 0) is 11.3 Å². The zero-order chi connectivity index (χ0) is 13.8. The summed E-state index contributed by atoms with van der Waals surface area (Å²) in [5, 5.41) is 0.344. The zero-order valence-electron chi connectivity index (χ0n) is 12.0. The van der Waals surface area contributed by atoms with Gasteiger partial charge in [-0.05, 0) is 24.8 Å². The number of hydrogen-bond acceptors (Lipinski definition) is 2. The minimum atomic E-state index is 0.344. The molecule has 1 saturated heterocycles. The monoisotopic (exact) mass is 293 g/mol. The summed E-state index contributed by atoms with van der Waals surface area (Å²) in [5.74, 6) is 0. The van der Waals surface area contributed by atoms with Gasteiger partial charge in [0.1, 0.15) is 0 Å². The van der Waals surface area contributed by atoms with E-state index in [1.807, 2.05) is 6.07 Å². The molecular formula is C17H24ClNO. The second-order valence-electron chi connectivity index (χ2n) is 6.07. The summed E-state index contributed by atoms with van der Waals surface area (Å²) >= 11 is 6.50. The Bertz CT molecular complexity index is 411. The molecule has 2 aliphatic rings. The molecule has 0 amide bonds. The van der Waals surface area contributed by atoms with Crippen LogP contribution in [-0.4, -0.2) is 35.5 Å². The van der Waals surface area contributed by atoms with E-state index < -0.39 is 0 Å². The van der Waals surface area contributed by atoms with Crippen molar-refractivity contribution in [2.75, 3.05) is 13.1 Å². The van der Waals surface area contributed by atoms with Gasteiger partial charge in [0, 0.05) is 24.5 Å². The van der Waals surface area contributed by atoms with E-state index in [4.69, 9.17) is 16.3 Å². The number of benzene rings is 1. The maximum atomic E-state index is 6.50. The zero-order valence-corrected chi connectivity index (χ0v) is 12.8. The van der Waals surface area contributed by atoms with Crippen LogP contribution in [0.25, 0.3) is 0 Å². The van der Waals surface area contributed by atoms with Gasteiger partial charge in [0.15, 0.2) is 0 Å². The lowest BCUT2D eigenvalue weighted by Gasteiger charge is -2.34. The van der Waals surface area contributed by atoms with Gasteiger partial charge in [-0.15, -0.1) is 11.6 Å². The van der Waals surface area contributed by atoms with E-state index in [9.17, 15) is 0 Å². The summed E-state index contributed by atoms with van der Waals surface area (Å²) < 4.78 is 6.06. The van der Waals surface area contributed by atoms with Crippen molar-refractivity contribution in [3.63, 3.8) is 0 Å². The molecule has 1 aliphatic heterocycles. The fourth-order valence-corrected chi connectivity index (χ4v) is 3.90. The van der Waals surface area contributed by atoms with Gasteiger partial charge in [-0.2, -0.15) is 0 Å². The Balaban J connectivity index is 1.47. The number of halogens is 1. The van der Waals surface area contributed by atoms with Gasteiger partial charge in [0.05, 0.1) is 12.7 Å². The van der Waals surface area contributed by atoms with Crippen molar-refractivity contribution in [2.24, 2.45) is 0 Å². The lowest BCUT2D eigenvalue weighted by atomic mass is 9.94. The summed E-state index contributed by atoms with van der Waals surface area (Å²) in [4.78, 5) is 2.56. The van der Waals surface area contributed by atoms with Crippen LogP contribution in [0.5, 0.6) is 0 Å². The van der Waals surface area contributed by atoms with Gasteiger partial charge in [-0.25, -0.2) is 0 Å². The van der Waals surface area contributed by atoms with Crippen LogP contribution in [0.15, 0.2) is 30.3 Å². The molecule has 1 unspecified atom stereocenters. The van der Waals surface area contributed by atoms with Crippen molar-refractivity contribution < 1.29 is 4.74 Å². The molecule has 2 fully saturated rings. The molecule has 1 heterocycles. The van der Waals surface area contributed by atoms with E-state index in [2.05, 4.69) is 29.2 Å². The van der Waals surface area contributed by atoms with E-state index >= 15 is 0 Å². The molecule has 0 radical (unpaired) electrons. The summed E-state index contributed by atoms with van der Waals surface area (Å²) in [5.41, 5.74) is 1.26. The molecule has 0 bridgehead atoms. The third-order valence-corrected chi connectivity index (χ3v) is 5.13. The van der Waals surface area contributed by atoms with E-state index in [1.165, 1.54) is 31.2 Å². The van der Waals surface area contributed by atoms with Crippen molar-refractivity contribution in [1.29, 1.82) is 0 Å². The topological polar surface area (TPSA) is 12.5 Å². The average molecular weight is 294 g/mol. The second-order valence-corrected chi connectivity index (χ2v) is 6.63. The van der Waals surface area contributed by atoms with Crippen molar-refractivity contribution in [3.8, 4) is 0 Å². The molecule has 1 aliphatic carbocycles. The Morgan fingerprint density at radius 1 is 1.10 bits per heavy atom. The van der Waals surface area contributed by atoms with Crippen molar-refractivity contribution in [1.82, 2.24) is 4.90 Å². The van der Waals surface area contributed by atoms with Crippen molar-refractivity contribution >= 4 is 11.6 Å². The summed E-state index contributed by atoms with van der Waals surface area (Å²) in [6, 6.07) is 11.0. The molecule has 0 N–H and O–H groups in total. The third kappa shape index (κ3) is 3.55. The first-order valence-corrected chi connectivity index (χ1v) is 8.30. The lowest BCUT2D eigenvalue weighted by Crippen LogP contribution is -2.42. The number of nitrogens with zero attached hydrogens (tertiary/aromatic N) is 1. The Morgan fingerprint density at radius 3 is 2.70 bits per heavy atom. The second kappa shape index (κ2) is 6.93. The first-order chi connectivity index (χ1) is 9.83. The highest BCUT2D eigenvalue weighted by Gasteiger charge is 2.33. The van der Waals surface area contributed by atoms with E-state index in [0.29, 0.717) is 17.5 Å². The highest BCUT2D eigenvalue weighted by Crippen LogP contribution is 2.30. The number of rotatable bonds is 4. The molecule has 1 saturated carbocycles. The first kappa shape index (κ1) is 14.4. The van der Waals surface area contributed by atoms with Crippen LogP contribution < -0.4 is 0 Å². The standard InChI is InChI=1S/C17H24ClNO/c18-16-8-4-5-9-17(16)19-11-10-15(12-19)20-13-14-6-2-1-3-7-14/h1-3,6-7,15-17H,4-5,8-13H2/t15-,16+,17?/m1/s1. The Hall–Kier alpha value is -0.570. The minimum Gasteiger partial charge on any atom is -0.372 e. The third-order valence-electron chi connectivity index (χ3n) is 4.62. The molecule has 3 atom stereocenters. The SMILES string of the molecule is Cl[C@H]1CCCCC1N1CC[C@@H](OCc2ccccc2)C1. The van der Waals surface area contributed by atoms with E-state index in [-0.39, 0.29) is 0 Å². The summed E-state index contributed by atoms with van der Waals surface area (Å²) in [6.07, 6.45) is 6.60. The quantitative estimate of drug-likeness (QED) is 0.782.